The fraction of sp³-hybridized carbons (Fsp3) is 0.280. The third kappa shape index (κ3) is 5.26. The van der Waals surface area contributed by atoms with E-state index in [2.05, 4.69) is 15.4 Å². The van der Waals surface area contributed by atoms with Crippen molar-refractivity contribution in [1.82, 2.24) is 20.1 Å². The topological polar surface area (TPSA) is 86.1 Å². The highest BCUT2D eigenvalue weighted by Gasteiger charge is 2.17. The Kier molecular flexibility index (Phi) is 7.23. The van der Waals surface area contributed by atoms with Crippen molar-refractivity contribution in [2.45, 2.75) is 40.3 Å². The Labute approximate surface area is 206 Å². The quantitative estimate of drug-likeness (QED) is 0.387. The van der Waals surface area contributed by atoms with Crippen LogP contribution in [0.15, 0.2) is 52.6 Å². The van der Waals surface area contributed by atoms with E-state index < -0.39 is 6.10 Å². The summed E-state index contributed by atoms with van der Waals surface area (Å²) in [5.41, 5.74) is 3.45. The van der Waals surface area contributed by atoms with Gasteiger partial charge in [0.2, 0.25) is 0 Å². The summed E-state index contributed by atoms with van der Waals surface area (Å²) in [7, 11) is 0. The molecule has 1 atom stereocenters. The highest BCUT2D eigenvalue weighted by Crippen LogP contribution is 2.35. The molecule has 0 spiro atoms. The van der Waals surface area contributed by atoms with Crippen LogP contribution < -0.4 is 15.6 Å². The first-order valence-corrected chi connectivity index (χ1v) is 12.6. The van der Waals surface area contributed by atoms with Gasteiger partial charge in [0.15, 0.2) is 6.10 Å². The van der Waals surface area contributed by atoms with Gasteiger partial charge >= 0.3 is 0 Å². The van der Waals surface area contributed by atoms with Crippen molar-refractivity contribution in [3.8, 4) is 26.2 Å². The molecular formula is C25H26N4O3S2. The lowest BCUT2D eigenvalue weighted by atomic mass is 10.1. The number of rotatable bonds is 8. The normalized spacial score (nSPS) is 11.9. The zero-order valence-corrected chi connectivity index (χ0v) is 21.1. The molecule has 1 amide bonds. The summed E-state index contributed by atoms with van der Waals surface area (Å²) in [5, 5.41) is 10.3. The van der Waals surface area contributed by atoms with Gasteiger partial charge in [-0.2, -0.15) is 5.10 Å². The fourth-order valence-corrected chi connectivity index (χ4v) is 5.22. The molecule has 0 aliphatic rings. The Morgan fingerprint density at radius 3 is 2.74 bits per heavy atom. The second-order valence-corrected chi connectivity index (χ2v) is 9.89. The van der Waals surface area contributed by atoms with Gasteiger partial charge in [-0.15, -0.1) is 22.7 Å². The van der Waals surface area contributed by atoms with Gasteiger partial charge in [-0.25, -0.2) is 9.67 Å². The summed E-state index contributed by atoms with van der Waals surface area (Å²) in [6, 6.07) is 13.0. The minimum Gasteiger partial charge on any atom is -0.481 e. The van der Waals surface area contributed by atoms with Crippen LogP contribution in [0.25, 0.3) is 20.5 Å². The lowest BCUT2D eigenvalue weighted by Gasteiger charge is -2.17. The van der Waals surface area contributed by atoms with Gasteiger partial charge in [-0.3, -0.25) is 9.59 Å². The maximum atomic E-state index is 12.5. The first-order valence-electron chi connectivity index (χ1n) is 10.9. The van der Waals surface area contributed by atoms with Crippen molar-refractivity contribution >= 4 is 28.6 Å². The summed E-state index contributed by atoms with van der Waals surface area (Å²) in [5.74, 6) is 0.444. The number of nitrogens with zero attached hydrogens (tertiary/aromatic N) is 3. The van der Waals surface area contributed by atoms with E-state index in [1.54, 1.807) is 35.7 Å². The molecule has 0 saturated carbocycles. The molecule has 0 saturated heterocycles. The molecule has 0 bridgehead atoms. The number of carbonyl (C=O) groups is 1. The zero-order valence-electron chi connectivity index (χ0n) is 19.5. The van der Waals surface area contributed by atoms with Crippen molar-refractivity contribution in [2.24, 2.45) is 0 Å². The molecule has 4 aromatic rings. The van der Waals surface area contributed by atoms with Crippen LogP contribution in [-0.2, 0) is 11.3 Å². The van der Waals surface area contributed by atoms with Crippen LogP contribution in [0.4, 0.5) is 0 Å². The standard InChI is InChI=1S/C25H26N4O3S2/c1-15-7-5-8-20(16(15)2)32-18(4)24(31)26-12-13-29-22(30)11-10-19(28-29)23-17(3)27-25(34-23)21-9-6-14-33-21/h5-11,14,18H,12-13H2,1-4H3,(H,26,31). The molecule has 176 valence electrons. The maximum Gasteiger partial charge on any atom is 0.266 e. The number of hydrogen-bond acceptors (Lipinski definition) is 7. The van der Waals surface area contributed by atoms with E-state index in [-0.39, 0.29) is 24.6 Å². The summed E-state index contributed by atoms with van der Waals surface area (Å²) in [6.07, 6.45) is -0.660. The third-order valence-corrected chi connectivity index (χ3v) is 7.70. The summed E-state index contributed by atoms with van der Waals surface area (Å²) < 4.78 is 7.21. The van der Waals surface area contributed by atoms with Crippen molar-refractivity contribution in [1.29, 1.82) is 0 Å². The highest BCUT2D eigenvalue weighted by atomic mass is 32.1. The number of thiazole rings is 1. The number of nitrogens with one attached hydrogen (secondary N) is 1. The van der Waals surface area contributed by atoms with Crippen LogP contribution in [0.1, 0.15) is 23.7 Å². The number of aromatic nitrogens is 3. The number of hydrogen-bond donors (Lipinski definition) is 1. The molecule has 0 aliphatic carbocycles. The number of benzene rings is 1. The SMILES string of the molecule is Cc1cccc(OC(C)C(=O)NCCn2nc(-c3sc(-c4cccs4)nc3C)ccc2=O)c1C. The van der Waals surface area contributed by atoms with Crippen molar-refractivity contribution < 1.29 is 9.53 Å². The van der Waals surface area contributed by atoms with Crippen LogP contribution in [0.3, 0.4) is 0 Å². The Bertz CT molecular complexity index is 1360. The average Bonchev–Trinajstić information content (AvgIpc) is 3.48. The molecule has 7 nitrogen and oxygen atoms in total. The van der Waals surface area contributed by atoms with E-state index in [1.165, 1.54) is 10.7 Å². The highest BCUT2D eigenvalue weighted by molar-refractivity contribution is 7.23. The van der Waals surface area contributed by atoms with E-state index in [0.717, 1.165) is 31.6 Å². The number of ether oxygens (including phenoxy) is 1. The lowest BCUT2D eigenvalue weighted by molar-refractivity contribution is -0.127. The van der Waals surface area contributed by atoms with Gasteiger partial charge in [0.25, 0.3) is 11.5 Å². The first kappa shape index (κ1) is 23.8. The molecule has 34 heavy (non-hydrogen) atoms. The molecule has 1 unspecified atom stereocenters. The largest absolute Gasteiger partial charge is 0.481 e. The summed E-state index contributed by atoms with van der Waals surface area (Å²) >= 11 is 3.19. The van der Waals surface area contributed by atoms with Gasteiger partial charge in [-0.1, -0.05) is 18.2 Å². The predicted molar refractivity (Wildman–Crippen MR) is 137 cm³/mol. The van der Waals surface area contributed by atoms with Crippen molar-refractivity contribution in [2.75, 3.05) is 6.54 Å². The van der Waals surface area contributed by atoms with Gasteiger partial charge < -0.3 is 10.1 Å². The Morgan fingerprint density at radius 2 is 1.97 bits per heavy atom. The zero-order chi connectivity index (χ0) is 24.2. The molecule has 3 heterocycles. The van der Waals surface area contributed by atoms with Crippen LogP contribution >= 0.6 is 22.7 Å². The summed E-state index contributed by atoms with van der Waals surface area (Å²) in [4.78, 5) is 31.6. The average molecular weight is 495 g/mol. The molecule has 1 aromatic carbocycles. The van der Waals surface area contributed by atoms with Gasteiger partial charge in [0, 0.05) is 12.6 Å². The van der Waals surface area contributed by atoms with Crippen LogP contribution in [0.5, 0.6) is 5.75 Å². The molecule has 9 heteroatoms. The van der Waals surface area contributed by atoms with Crippen molar-refractivity contribution in [3.05, 3.63) is 75.0 Å². The number of amides is 1. The molecular weight excluding hydrogens is 468 g/mol. The molecule has 4 rings (SSSR count). The van der Waals surface area contributed by atoms with E-state index in [1.807, 2.05) is 56.5 Å². The minimum atomic E-state index is -0.660. The molecule has 1 N–H and O–H groups in total. The van der Waals surface area contributed by atoms with E-state index in [4.69, 9.17) is 4.74 Å². The lowest BCUT2D eigenvalue weighted by Crippen LogP contribution is -2.39. The van der Waals surface area contributed by atoms with E-state index in [0.29, 0.717) is 11.4 Å². The Morgan fingerprint density at radius 1 is 1.15 bits per heavy atom. The molecule has 0 radical (unpaired) electrons. The fourth-order valence-electron chi connectivity index (χ4n) is 3.39. The second kappa shape index (κ2) is 10.3. The smallest absolute Gasteiger partial charge is 0.266 e. The number of thiophene rings is 1. The maximum absolute atomic E-state index is 12.5. The van der Waals surface area contributed by atoms with E-state index in [9.17, 15) is 9.59 Å². The van der Waals surface area contributed by atoms with Crippen LogP contribution in [0, 0.1) is 20.8 Å². The summed E-state index contributed by atoms with van der Waals surface area (Å²) in [6.45, 7) is 8.14. The van der Waals surface area contributed by atoms with Gasteiger partial charge in [-0.05, 0) is 62.4 Å². The van der Waals surface area contributed by atoms with Crippen LogP contribution in [-0.4, -0.2) is 33.3 Å². The Hall–Kier alpha value is -3.30. The van der Waals surface area contributed by atoms with Gasteiger partial charge in [0.05, 0.1) is 22.0 Å². The first-order chi connectivity index (χ1) is 16.3. The van der Waals surface area contributed by atoms with Gasteiger partial charge in [0.1, 0.15) is 16.5 Å². The van der Waals surface area contributed by atoms with Crippen molar-refractivity contribution in [3.63, 3.8) is 0 Å². The Balaban J connectivity index is 1.40. The third-order valence-electron chi connectivity index (χ3n) is 5.48. The molecule has 0 aliphatic heterocycles. The molecule has 0 fully saturated rings. The number of carbonyl (C=O) groups excluding carboxylic acids is 1. The predicted octanol–water partition coefficient (Wildman–Crippen LogP) is 4.60. The minimum absolute atomic E-state index is 0.224. The van der Waals surface area contributed by atoms with Crippen LogP contribution in [0.2, 0.25) is 0 Å². The monoisotopic (exact) mass is 494 g/mol. The molecule has 3 aromatic heterocycles. The number of aryl methyl sites for hydroxylation is 2. The second-order valence-electron chi connectivity index (χ2n) is 7.94. The van der Waals surface area contributed by atoms with E-state index >= 15 is 0 Å².